The van der Waals surface area contributed by atoms with Crippen molar-refractivity contribution in [2.75, 3.05) is 4.72 Å². The number of hydrogen-bond donors (Lipinski definition) is 1. The highest BCUT2D eigenvalue weighted by atomic mass is 35.5. The van der Waals surface area contributed by atoms with Gasteiger partial charge in [0.05, 0.1) is 10.6 Å². The lowest BCUT2D eigenvalue weighted by Gasteiger charge is -2.12. The van der Waals surface area contributed by atoms with Crippen LogP contribution < -0.4 is 4.72 Å². The summed E-state index contributed by atoms with van der Waals surface area (Å²) in [6, 6.07) is 13.8. The maximum absolute atomic E-state index is 12.8. The standard InChI is InChI=1S/C20H17ClN4O2S/c1-13-17(21)8-4-9-18(13)28(26,27)24-16-7-3-6-15(12-16)19-14(2)25-11-5-10-22-20(25)23-19/h3-12,24H,1-2H3. The molecular formula is C20H17ClN4O2S. The third-order valence-corrected chi connectivity index (χ3v) is 6.47. The van der Waals surface area contributed by atoms with Crippen LogP contribution in [0.15, 0.2) is 65.8 Å². The van der Waals surface area contributed by atoms with Crippen molar-refractivity contribution in [3.8, 4) is 11.3 Å². The highest BCUT2D eigenvalue weighted by Gasteiger charge is 2.19. The number of aryl methyl sites for hydroxylation is 1. The zero-order chi connectivity index (χ0) is 19.9. The molecule has 8 heteroatoms. The van der Waals surface area contributed by atoms with E-state index in [-0.39, 0.29) is 4.90 Å². The molecule has 0 saturated heterocycles. The highest BCUT2D eigenvalue weighted by Crippen LogP contribution is 2.28. The van der Waals surface area contributed by atoms with Crippen molar-refractivity contribution in [3.05, 3.63) is 77.2 Å². The van der Waals surface area contributed by atoms with Gasteiger partial charge in [-0.05, 0) is 49.7 Å². The van der Waals surface area contributed by atoms with E-state index in [0.717, 1.165) is 17.0 Å². The van der Waals surface area contributed by atoms with Crippen LogP contribution in [0.2, 0.25) is 5.02 Å². The third kappa shape index (κ3) is 3.23. The summed E-state index contributed by atoms with van der Waals surface area (Å²) in [6.07, 6.45) is 3.58. The van der Waals surface area contributed by atoms with Crippen LogP contribution in [-0.2, 0) is 10.0 Å². The second-order valence-electron chi connectivity index (χ2n) is 6.38. The van der Waals surface area contributed by atoms with Crippen molar-refractivity contribution in [1.82, 2.24) is 14.4 Å². The average molecular weight is 413 g/mol. The number of benzene rings is 2. The first-order valence-electron chi connectivity index (χ1n) is 8.55. The maximum atomic E-state index is 12.8. The lowest BCUT2D eigenvalue weighted by molar-refractivity contribution is 0.600. The van der Waals surface area contributed by atoms with Crippen LogP contribution in [0.4, 0.5) is 5.69 Å². The molecule has 0 aliphatic heterocycles. The van der Waals surface area contributed by atoms with E-state index >= 15 is 0 Å². The molecule has 4 rings (SSSR count). The van der Waals surface area contributed by atoms with Gasteiger partial charge in [0, 0.05) is 34.4 Å². The minimum absolute atomic E-state index is 0.151. The SMILES string of the molecule is Cc1c(Cl)cccc1S(=O)(=O)Nc1cccc(-c2nc3ncccn3c2C)c1. The van der Waals surface area contributed by atoms with Gasteiger partial charge in [0.15, 0.2) is 0 Å². The second-order valence-corrected chi connectivity index (χ2v) is 8.44. The summed E-state index contributed by atoms with van der Waals surface area (Å²) in [5, 5.41) is 0.407. The average Bonchev–Trinajstić information content (AvgIpc) is 3.01. The van der Waals surface area contributed by atoms with Crippen LogP contribution in [0.5, 0.6) is 0 Å². The number of rotatable bonds is 4. The number of anilines is 1. The van der Waals surface area contributed by atoms with E-state index in [4.69, 9.17) is 11.6 Å². The summed E-state index contributed by atoms with van der Waals surface area (Å²) < 4.78 is 30.2. The molecule has 0 bridgehead atoms. The Kier molecular flexibility index (Phi) is 4.56. The zero-order valence-corrected chi connectivity index (χ0v) is 16.8. The van der Waals surface area contributed by atoms with Crippen LogP contribution in [0, 0.1) is 13.8 Å². The largest absolute Gasteiger partial charge is 0.288 e. The fourth-order valence-corrected chi connectivity index (χ4v) is 4.64. The van der Waals surface area contributed by atoms with Gasteiger partial charge in [-0.15, -0.1) is 0 Å². The minimum atomic E-state index is -3.77. The van der Waals surface area contributed by atoms with Gasteiger partial charge >= 0.3 is 0 Å². The molecule has 0 unspecified atom stereocenters. The summed E-state index contributed by atoms with van der Waals surface area (Å²) in [6.45, 7) is 3.63. The third-order valence-electron chi connectivity index (χ3n) is 4.54. The Morgan fingerprint density at radius 2 is 1.86 bits per heavy atom. The predicted octanol–water partition coefficient (Wildman–Crippen LogP) is 4.47. The molecular weight excluding hydrogens is 396 g/mol. The molecule has 1 N–H and O–H groups in total. The highest BCUT2D eigenvalue weighted by molar-refractivity contribution is 7.92. The topological polar surface area (TPSA) is 76.4 Å². The van der Waals surface area contributed by atoms with Crippen LogP contribution in [0.1, 0.15) is 11.3 Å². The number of aromatic nitrogens is 3. The Hall–Kier alpha value is -2.90. The van der Waals surface area contributed by atoms with E-state index in [9.17, 15) is 8.42 Å². The predicted molar refractivity (Wildman–Crippen MR) is 110 cm³/mol. The monoisotopic (exact) mass is 412 g/mol. The van der Waals surface area contributed by atoms with Crippen molar-refractivity contribution >= 4 is 33.1 Å². The fraction of sp³-hybridized carbons (Fsp3) is 0.100. The number of hydrogen-bond acceptors (Lipinski definition) is 4. The van der Waals surface area contributed by atoms with Crippen molar-refractivity contribution in [1.29, 1.82) is 0 Å². The zero-order valence-electron chi connectivity index (χ0n) is 15.2. The smallest absolute Gasteiger partial charge is 0.262 e. The molecule has 0 atom stereocenters. The van der Waals surface area contributed by atoms with Crippen molar-refractivity contribution in [2.45, 2.75) is 18.7 Å². The first kappa shape index (κ1) is 18.5. The molecule has 0 fully saturated rings. The van der Waals surface area contributed by atoms with Crippen LogP contribution in [0.25, 0.3) is 17.0 Å². The van der Waals surface area contributed by atoms with Crippen molar-refractivity contribution in [3.63, 3.8) is 0 Å². The molecule has 0 radical (unpaired) electrons. The van der Waals surface area contributed by atoms with Gasteiger partial charge in [-0.1, -0.05) is 29.8 Å². The lowest BCUT2D eigenvalue weighted by Crippen LogP contribution is -2.14. The summed E-state index contributed by atoms with van der Waals surface area (Å²) in [5.74, 6) is 0.593. The van der Waals surface area contributed by atoms with Gasteiger partial charge < -0.3 is 0 Å². The summed E-state index contributed by atoms with van der Waals surface area (Å²) in [5.41, 5.74) is 3.43. The summed E-state index contributed by atoms with van der Waals surface area (Å²) >= 11 is 6.08. The van der Waals surface area contributed by atoms with Gasteiger partial charge in [-0.2, -0.15) is 0 Å². The van der Waals surface area contributed by atoms with E-state index in [0.29, 0.717) is 22.1 Å². The summed E-state index contributed by atoms with van der Waals surface area (Å²) in [4.78, 5) is 8.97. The molecule has 2 aromatic heterocycles. The number of nitrogens with one attached hydrogen (secondary N) is 1. The molecule has 2 aromatic carbocycles. The first-order chi connectivity index (χ1) is 13.4. The van der Waals surface area contributed by atoms with E-state index in [1.165, 1.54) is 6.07 Å². The van der Waals surface area contributed by atoms with Gasteiger partial charge in [0.1, 0.15) is 0 Å². The number of fused-ring (bicyclic) bond motifs is 1. The molecule has 0 amide bonds. The van der Waals surface area contributed by atoms with Gasteiger partial charge in [0.2, 0.25) is 5.78 Å². The second kappa shape index (κ2) is 6.92. The van der Waals surface area contributed by atoms with E-state index in [1.807, 2.05) is 29.7 Å². The molecule has 0 aliphatic carbocycles. The molecule has 28 heavy (non-hydrogen) atoms. The van der Waals surface area contributed by atoms with E-state index < -0.39 is 10.0 Å². The lowest BCUT2D eigenvalue weighted by atomic mass is 10.1. The normalized spacial score (nSPS) is 11.7. The number of halogens is 1. The van der Waals surface area contributed by atoms with Crippen molar-refractivity contribution in [2.24, 2.45) is 0 Å². The fourth-order valence-electron chi connectivity index (χ4n) is 3.10. The molecule has 4 aromatic rings. The Bertz CT molecular complexity index is 1300. The van der Waals surface area contributed by atoms with Crippen LogP contribution in [0.3, 0.4) is 0 Å². The van der Waals surface area contributed by atoms with Crippen LogP contribution >= 0.6 is 11.6 Å². The summed E-state index contributed by atoms with van der Waals surface area (Å²) in [7, 11) is -3.77. The Morgan fingerprint density at radius 1 is 1.07 bits per heavy atom. The van der Waals surface area contributed by atoms with E-state index in [1.54, 1.807) is 43.5 Å². The van der Waals surface area contributed by atoms with Gasteiger partial charge in [-0.25, -0.2) is 18.4 Å². The first-order valence-corrected chi connectivity index (χ1v) is 10.4. The molecule has 0 aliphatic rings. The number of imidazole rings is 1. The Labute approximate surface area is 167 Å². The Morgan fingerprint density at radius 3 is 2.64 bits per heavy atom. The molecule has 2 heterocycles. The molecule has 6 nitrogen and oxygen atoms in total. The molecule has 0 saturated carbocycles. The number of nitrogens with zero attached hydrogens (tertiary/aromatic N) is 3. The maximum Gasteiger partial charge on any atom is 0.262 e. The number of sulfonamides is 1. The quantitative estimate of drug-likeness (QED) is 0.536. The van der Waals surface area contributed by atoms with Gasteiger partial charge in [0.25, 0.3) is 10.0 Å². The van der Waals surface area contributed by atoms with Crippen LogP contribution in [-0.4, -0.2) is 22.8 Å². The van der Waals surface area contributed by atoms with Gasteiger partial charge in [-0.3, -0.25) is 9.12 Å². The van der Waals surface area contributed by atoms with Crippen molar-refractivity contribution < 1.29 is 8.42 Å². The Balaban J connectivity index is 1.73. The minimum Gasteiger partial charge on any atom is -0.288 e. The van der Waals surface area contributed by atoms with E-state index in [2.05, 4.69) is 14.7 Å². The molecule has 0 spiro atoms. The molecule has 142 valence electrons.